The van der Waals surface area contributed by atoms with E-state index in [1.165, 1.54) is 36.0 Å². The third kappa shape index (κ3) is 2.39. The zero-order valence-electron chi connectivity index (χ0n) is 18.4. The lowest BCUT2D eigenvalue weighted by Gasteiger charge is -2.52. The van der Waals surface area contributed by atoms with E-state index < -0.39 is 0 Å². The molecule has 2 heteroatoms. The Bertz CT molecular complexity index is 860. The maximum absolute atomic E-state index is 11.7. The second-order valence-electron chi connectivity index (χ2n) is 11.3. The SMILES string of the molecule is CC1=CC[C@@H]2[C@@H](C1)c1c(cc3c(c1O)[C@@H]1C[C@@H](CCC1C)C3(C)C)OC2(C)C. The van der Waals surface area contributed by atoms with Crippen LogP contribution in [0.5, 0.6) is 11.5 Å². The average molecular weight is 381 g/mol. The Kier molecular flexibility index (Phi) is 3.85. The number of benzene rings is 1. The summed E-state index contributed by atoms with van der Waals surface area (Å²) in [6.45, 7) is 13.9. The van der Waals surface area contributed by atoms with Crippen molar-refractivity contribution in [1.82, 2.24) is 0 Å². The molecule has 1 N–H and O–H groups in total. The van der Waals surface area contributed by atoms with Gasteiger partial charge in [-0.15, -0.1) is 0 Å². The van der Waals surface area contributed by atoms with Crippen molar-refractivity contribution < 1.29 is 9.84 Å². The lowest BCUT2D eigenvalue weighted by Crippen LogP contribution is -2.46. The standard InChI is InChI=1S/C26H36O2/c1-14-7-10-19-18(11-14)23-21(28-26(19,5)6)13-20-22(24(23)27)17-12-16(25(20,3)4)9-8-15(17)2/h7,13,15-19,27H,8-12H2,1-6H3/t15?,16-,17-,18-,19-/m1/s1. The topological polar surface area (TPSA) is 29.5 Å². The molecule has 0 spiro atoms. The van der Waals surface area contributed by atoms with Crippen LogP contribution < -0.4 is 4.74 Å². The monoisotopic (exact) mass is 380 g/mol. The normalized spacial score (nSPS) is 37.1. The Morgan fingerprint density at radius 1 is 1.07 bits per heavy atom. The maximum Gasteiger partial charge on any atom is 0.127 e. The maximum atomic E-state index is 11.7. The smallest absolute Gasteiger partial charge is 0.127 e. The van der Waals surface area contributed by atoms with Gasteiger partial charge in [-0.1, -0.05) is 32.4 Å². The summed E-state index contributed by atoms with van der Waals surface area (Å²) in [5.41, 5.74) is 5.09. The fraction of sp³-hybridized carbons (Fsp3) is 0.692. The van der Waals surface area contributed by atoms with Gasteiger partial charge in [0.2, 0.25) is 0 Å². The van der Waals surface area contributed by atoms with Crippen LogP contribution in [-0.2, 0) is 5.41 Å². The summed E-state index contributed by atoms with van der Waals surface area (Å²) in [7, 11) is 0. The zero-order valence-corrected chi connectivity index (χ0v) is 18.4. The second-order valence-corrected chi connectivity index (χ2v) is 11.3. The minimum atomic E-state index is -0.197. The molecular formula is C26H36O2. The predicted octanol–water partition coefficient (Wildman–Crippen LogP) is 6.81. The summed E-state index contributed by atoms with van der Waals surface area (Å²) < 4.78 is 6.62. The van der Waals surface area contributed by atoms with E-state index in [1.807, 2.05) is 0 Å². The van der Waals surface area contributed by atoms with Crippen LogP contribution >= 0.6 is 0 Å². The molecule has 2 nitrogen and oxygen atoms in total. The summed E-state index contributed by atoms with van der Waals surface area (Å²) in [6.07, 6.45) is 8.29. The molecule has 1 aliphatic heterocycles. The highest BCUT2D eigenvalue weighted by atomic mass is 16.5. The van der Waals surface area contributed by atoms with E-state index in [-0.39, 0.29) is 11.0 Å². The first-order valence-electron chi connectivity index (χ1n) is 11.4. The summed E-state index contributed by atoms with van der Waals surface area (Å²) in [5.74, 6) is 4.20. The van der Waals surface area contributed by atoms with Gasteiger partial charge in [-0.05, 0) is 87.7 Å². The molecule has 152 valence electrons. The van der Waals surface area contributed by atoms with E-state index in [9.17, 15) is 5.11 Å². The van der Waals surface area contributed by atoms with Crippen LogP contribution in [0.4, 0.5) is 0 Å². The highest BCUT2D eigenvalue weighted by Crippen LogP contribution is 2.62. The summed E-state index contributed by atoms with van der Waals surface area (Å²) in [4.78, 5) is 0. The second kappa shape index (κ2) is 5.80. The number of phenolic OH excluding ortho intramolecular Hbond substituents is 1. The van der Waals surface area contributed by atoms with Gasteiger partial charge in [0.25, 0.3) is 0 Å². The molecule has 2 bridgehead atoms. The van der Waals surface area contributed by atoms with E-state index in [0.717, 1.165) is 24.2 Å². The highest BCUT2D eigenvalue weighted by Gasteiger charge is 2.51. The third-order valence-electron chi connectivity index (χ3n) is 9.01. The Labute approximate surface area is 170 Å². The Hall–Kier alpha value is -1.44. The Morgan fingerprint density at radius 2 is 1.82 bits per heavy atom. The molecule has 28 heavy (non-hydrogen) atoms. The molecule has 0 aromatic heterocycles. The van der Waals surface area contributed by atoms with Crippen LogP contribution in [0.1, 0.15) is 102 Å². The lowest BCUT2D eigenvalue weighted by molar-refractivity contribution is 0.00683. The fourth-order valence-corrected chi connectivity index (χ4v) is 7.12. The van der Waals surface area contributed by atoms with Crippen LogP contribution in [0.2, 0.25) is 0 Å². The first-order chi connectivity index (χ1) is 13.1. The van der Waals surface area contributed by atoms with Crippen molar-refractivity contribution in [2.24, 2.45) is 17.8 Å². The van der Waals surface area contributed by atoms with Gasteiger partial charge in [-0.3, -0.25) is 0 Å². The van der Waals surface area contributed by atoms with Crippen LogP contribution in [0.25, 0.3) is 0 Å². The molecule has 5 rings (SSSR count). The van der Waals surface area contributed by atoms with Crippen molar-refractivity contribution in [2.75, 3.05) is 0 Å². The predicted molar refractivity (Wildman–Crippen MR) is 114 cm³/mol. The van der Waals surface area contributed by atoms with Gasteiger partial charge in [0, 0.05) is 23.0 Å². The van der Waals surface area contributed by atoms with Crippen molar-refractivity contribution in [3.05, 3.63) is 34.4 Å². The largest absolute Gasteiger partial charge is 0.507 e. The lowest BCUT2D eigenvalue weighted by atomic mass is 9.54. The van der Waals surface area contributed by atoms with E-state index >= 15 is 0 Å². The van der Waals surface area contributed by atoms with E-state index in [4.69, 9.17) is 4.74 Å². The van der Waals surface area contributed by atoms with Crippen LogP contribution in [0.3, 0.4) is 0 Å². The molecule has 1 aromatic rings. The quantitative estimate of drug-likeness (QED) is 0.501. The van der Waals surface area contributed by atoms with Crippen molar-refractivity contribution in [3.63, 3.8) is 0 Å². The number of hydrogen-bond acceptors (Lipinski definition) is 2. The number of ether oxygens (including phenoxy) is 1. The minimum absolute atomic E-state index is 0.102. The molecule has 3 aliphatic carbocycles. The first-order valence-corrected chi connectivity index (χ1v) is 11.4. The van der Waals surface area contributed by atoms with E-state index in [0.29, 0.717) is 35.3 Å². The average Bonchev–Trinajstić information content (AvgIpc) is 2.60. The van der Waals surface area contributed by atoms with Crippen molar-refractivity contribution in [2.45, 2.75) is 96.5 Å². The van der Waals surface area contributed by atoms with Gasteiger partial charge >= 0.3 is 0 Å². The van der Waals surface area contributed by atoms with Gasteiger partial charge in [-0.25, -0.2) is 0 Å². The Morgan fingerprint density at radius 3 is 2.57 bits per heavy atom. The molecule has 1 fully saturated rings. The Balaban J connectivity index is 1.75. The highest BCUT2D eigenvalue weighted by molar-refractivity contribution is 5.61. The molecule has 1 aromatic carbocycles. The third-order valence-corrected chi connectivity index (χ3v) is 9.01. The minimum Gasteiger partial charge on any atom is -0.507 e. The molecule has 4 aliphatic rings. The molecule has 5 atom stereocenters. The van der Waals surface area contributed by atoms with Crippen molar-refractivity contribution in [1.29, 1.82) is 0 Å². The van der Waals surface area contributed by atoms with Gasteiger partial charge in [0.15, 0.2) is 0 Å². The summed E-state index contributed by atoms with van der Waals surface area (Å²) in [5, 5.41) is 11.7. The van der Waals surface area contributed by atoms with Gasteiger partial charge < -0.3 is 9.84 Å². The molecule has 0 amide bonds. The summed E-state index contributed by atoms with van der Waals surface area (Å²) in [6, 6.07) is 2.34. The van der Waals surface area contributed by atoms with Gasteiger partial charge in [-0.2, -0.15) is 0 Å². The van der Waals surface area contributed by atoms with E-state index in [2.05, 4.69) is 53.7 Å². The molecule has 0 radical (unpaired) electrons. The molecule has 0 saturated heterocycles. The molecule has 1 heterocycles. The fourth-order valence-electron chi connectivity index (χ4n) is 7.12. The summed E-state index contributed by atoms with van der Waals surface area (Å²) >= 11 is 0. The number of phenols is 1. The number of hydrogen-bond donors (Lipinski definition) is 1. The van der Waals surface area contributed by atoms with Crippen molar-refractivity contribution in [3.8, 4) is 11.5 Å². The first kappa shape index (κ1) is 18.6. The number of aromatic hydroxyl groups is 1. The van der Waals surface area contributed by atoms with Crippen LogP contribution in [0.15, 0.2) is 17.7 Å². The van der Waals surface area contributed by atoms with Gasteiger partial charge in [0.1, 0.15) is 17.1 Å². The van der Waals surface area contributed by atoms with Gasteiger partial charge in [0.05, 0.1) is 0 Å². The molecule has 1 saturated carbocycles. The van der Waals surface area contributed by atoms with Crippen LogP contribution in [0, 0.1) is 17.8 Å². The molecular weight excluding hydrogens is 344 g/mol. The van der Waals surface area contributed by atoms with Crippen LogP contribution in [-0.4, -0.2) is 10.7 Å². The molecule has 1 unspecified atom stereocenters. The number of allylic oxidation sites excluding steroid dienone is 2. The number of rotatable bonds is 0. The number of fused-ring (bicyclic) bond motifs is 7. The zero-order chi connectivity index (χ0) is 20.0. The van der Waals surface area contributed by atoms with E-state index in [1.54, 1.807) is 0 Å². The van der Waals surface area contributed by atoms with Crippen molar-refractivity contribution >= 4 is 0 Å².